The minimum atomic E-state index is -1.53. The molecule has 1 rings (SSSR count). The highest BCUT2D eigenvalue weighted by atomic mass is 16.4. The van der Waals surface area contributed by atoms with Crippen molar-refractivity contribution in [2.45, 2.75) is 38.6 Å². The summed E-state index contributed by atoms with van der Waals surface area (Å²) in [6.07, 6.45) is -0.725. The third-order valence-electron chi connectivity index (χ3n) is 2.38. The Balaban J connectivity index is 2.82. The fraction of sp³-hybridized carbons (Fsp3) is 0.545. The van der Waals surface area contributed by atoms with Crippen molar-refractivity contribution < 1.29 is 24.6 Å². The summed E-state index contributed by atoms with van der Waals surface area (Å²) in [4.78, 5) is 37.1. The number of aromatic nitrogens is 3. The summed E-state index contributed by atoms with van der Waals surface area (Å²) >= 11 is 0. The molecule has 0 aromatic carbocycles. The lowest BCUT2D eigenvalue weighted by Crippen LogP contribution is -2.42. The lowest BCUT2D eigenvalue weighted by Gasteiger charge is -2.13. The Bertz CT molecular complexity index is 531. The van der Waals surface area contributed by atoms with E-state index in [1.54, 1.807) is 0 Å². The molecule has 0 saturated heterocycles. The van der Waals surface area contributed by atoms with Gasteiger partial charge < -0.3 is 15.5 Å². The zero-order valence-electron chi connectivity index (χ0n) is 11.3. The van der Waals surface area contributed by atoms with Crippen molar-refractivity contribution in [2.75, 3.05) is 0 Å². The molecule has 1 heterocycles. The summed E-state index contributed by atoms with van der Waals surface area (Å²) in [6.45, 7) is 5.58. The number of amides is 1. The average Bonchev–Trinajstić information content (AvgIpc) is 2.75. The summed E-state index contributed by atoms with van der Waals surface area (Å²) in [5.74, 6) is -3.37. The fourth-order valence-corrected chi connectivity index (χ4v) is 1.30. The normalized spacial score (nSPS) is 12.8. The van der Waals surface area contributed by atoms with Crippen LogP contribution in [0.5, 0.6) is 0 Å². The van der Waals surface area contributed by atoms with E-state index in [9.17, 15) is 14.4 Å². The second-order valence-electron chi connectivity index (χ2n) is 5.22. The summed E-state index contributed by atoms with van der Waals surface area (Å²) in [6, 6.07) is -1.53. The maximum atomic E-state index is 11.8. The maximum Gasteiger partial charge on any atom is 0.326 e. The zero-order valence-corrected chi connectivity index (χ0v) is 11.3. The standard InChI is InChI=1S/C11H16N4O5/c1-11(2,3)10-13-7(14-15-10)8(18)12-5(9(19)20)4-6(16)17/h5H,4H2,1-3H3,(H,12,18)(H,16,17)(H,19,20)(H,13,14,15)/t5-/m0/s1. The van der Waals surface area contributed by atoms with Gasteiger partial charge in [-0.2, -0.15) is 0 Å². The van der Waals surface area contributed by atoms with Crippen LogP contribution in [-0.4, -0.2) is 49.3 Å². The summed E-state index contributed by atoms with van der Waals surface area (Å²) in [5, 5.41) is 25.7. The van der Waals surface area contributed by atoms with Gasteiger partial charge in [0.2, 0.25) is 5.82 Å². The van der Waals surface area contributed by atoms with Crippen molar-refractivity contribution in [1.82, 2.24) is 20.5 Å². The molecule has 0 aliphatic rings. The molecule has 0 fully saturated rings. The summed E-state index contributed by atoms with van der Waals surface area (Å²) in [5.41, 5.74) is -0.348. The molecule has 0 bridgehead atoms. The SMILES string of the molecule is CC(C)(C)c1nc(C(=O)N[C@@H](CC(=O)O)C(=O)O)n[nH]1. The van der Waals surface area contributed by atoms with Gasteiger partial charge in [0.15, 0.2) is 0 Å². The predicted octanol–water partition coefficient (Wildman–Crippen LogP) is -0.240. The topological polar surface area (TPSA) is 145 Å². The molecule has 0 aliphatic heterocycles. The van der Waals surface area contributed by atoms with Crippen LogP contribution in [0.3, 0.4) is 0 Å². The maximum absolute atomic E-state index is 11.8. The van der Waals surface area contributed by atoms with Gasteiger partial charge in [0.25, 0.3) is 5.91 Å². The Morgan fingerprint density at radius 1 is 1.30 bits per heavy atom. The van der Waals surface area contributed by atoms with E-state index in [1.807, 2.05) is 20.8 Å². The quantitative estimate of drug-likeness (QED) is 0.583. The van der Waals surface area contributed by atoms with Crippen molar-refractivity contribution in [3.63, 3.8) is 0 Å². The molecule has 1 aromatic heterocycles. The van der Waals surface area contributed by atoms with Gasteiger partial charge in [-0.3, -0.25) is 14.7 Å². The highest BCUT2D eigenvalue weighted by Gasteiger charge is 2.26. The van der Waals surface area contributed by atoms with Gasteiger partial charge in [-0.05, 0) is 0 Å². The van der Waals surface area contributed by atoms with Gasteiger partial charge >= 0.3 is 11.9 Å². The third kappa shape index (κ3) is 4.04. The molecule has 4 N–H and O–H groups in total. The van der Waals surface area contributed by atoms with E-state index in [1.165, 1.54) is 0 Å². The number of carbonyl (C=O) groups is 3. The second-order valence-corrected chi connectivity index (χ2v) is 5.22. The minimum Gasteiger partial charge on any atom is -0.481 e. The van der Waals surface area contributed by atoms with Gasteiger partial charge in [-0.1, -0.05) is 20.8 Å². The molecule has 0 radical (unpaired) electrons. The minimum absolute atomic E-state index is 0.230. The number of carboxylic acids is 2. The van der Waals surface area contributed by atoms with Crippen LogP contribution >= 0.6 is 0 Å². The van der Waals surface area contributed by atoms with Gasteiger partial charge in [0, 0.05) is 5.41 Å². The molecule has 9 nitrogen and oxygen atoms in total. The van der Waals surface area contributed by atoms with Crippen molar-refractivity contribution in [3.8, 4) is 0 Å². The molecule has 1 atom stereocenters. The number of nitrogens with one attached hydrogen (secondary N) is 2. The number of aromatic amines is 1. The molecule has 0 aliphatic carbocycles. The third-order valence-corrected chi connectivity index (χ3v) is 2.38. The number of carbonyl (C=O) groups excluding carboxylic acids is 1. The molecule has 0 saturated carbocycles. The van der Waals surface area contributed by atoms with E-state index >= 15 is 0 Å². The Morgan fingerprint density at radius 3 is 2.30 bits per heavy atom. The first-order valence-electron chi connectivity index (χ1n) is 5.79. The van der Waals surface area contributed by atoms with Crippen LogP contribution in [0.25, 0.3) is 0 Å². The number of nitrogens with zero attached hydrogens (tertiary/aromatic N) is 2. The summed E-state index contributed by atoms with van der Waals surface area (Å²) < 4.78 is 0. The lowest BCUT2D eigenvalue weighted by atomic mass is 9.96. The molecule has 110 valence electrons. The first-order chi connectivity index (χ1) is 9.11. The van der Waals surface area contributed by atoms with Crippen molar-refractivity contribution in [1.29, 1.82) is 0 Å². The van der Waals surface area contributed by atoms with E-state index in [0.29, 0.717) is 5.82 Å². The van der Waals surface area contributed by atoms with Gasteiger partial charge in [0.1, 0.15) is 11.9 Å². The number of hydrogen-bond donors (Lipinski definition) is 4. The van der Waals surface area contributed by atoms with Crippen LogP contribution in [0.2, 0.25) is 0 Å². The molecular formula is C11H16N4O5. The highest BCUT2D eigenvalue weighted by Crippen LogP contribution is 2.17. The first-order valence-corrected chi connectivity index (χ1v) is 5.79. The largest absolute Gasteiger partial charge is 0.481 e. The van der Waals surface area contributed by atoms with Crippen LogP contribution < -0.4 is 5.32 Å². The monoisotopic (exact) mass is 284 g/mol. The molecule has 20 heavy (non-hydrogen) atoms. The Hall–Kier alpha value is -2.45. The summed E-state index contributed by atoms with van der Waals surface area (Å²) in [7, 11) is 0. The van der Waals surface area contributed by atoms with E-state index in [-0.39, 0.29) is 11.2 Å². The van der Waals surface area contributed by atoms with Crippen molar-refractivity contribution in [3.05, 3.63) is 11.6 Å². The number of aliphatic carboxylic acids is 2. The zero-order chi connectivity index (χ0) is 15.5. The van der Waals surface area contributed by atoms with E-state index in [0.717, 1.165) is 0 Å². The second kappa shape index (κ2) is 5.68. The molecular weight excluding hydrogens is 268 g/mol. The first kappa shape index (κ1) is 15.6. The van der Waals surface area contributed by atoms with E-state index < -0.39 is 30.3 Å². The molecule has 1 aromatic rings. The highest BCUT2D eigenvalue weighted by molar-refractivity contribution is 5.94. The van der Waals surface area contributed by atoms with Crippen LogP contribution in [0.15, 0.2) is 0 Å². The van der Waals surface area contributed by atoms with Crippen LogP contribution in [-0.2, 0) is 15.0 Å². The van der Waals surface area contributed by atoms with Gasteiger partial charge in [0.05, 0.1) is 6.42 Å². The smallest absolute Gasteiger partial charge is 0.326 e. The van der Waals surface area contributed by atoms with Crippen LogP contribution in [0.4, 0.5) is 0 Å². The molecule has 0 unspecified atom stereocenters. The van der Waals surface area contributed by atoms with Gasteiger partial charge in [-0.15, -0.1) is 5.10 Å². The molecule has 1 amide bonds. The lowest BCUT2D eigenvalue weighted by molar-refractivity contribution is -0.145. The van der Waals surface area contributed by atoms with Crippen molar-refractivity contribution >= 4 is 17.8 Å². The van der Waals surface area contributed by atoms with Crippen molar-refractivity contribution in [2.24, 2.45) is 0 Å². The number of rotatable bonds is 5. The average molecular weight is 284 g/mol. The number of H-pyrrole nitrogens is 1. The molecule has 0 spiro atoms. The van der Waals surface area contributed by atoms with Gasteiger partial charge in [-0.25, -0.2) is 9.78 Å². The Morgan fingerprint density at radius 2 is 1.90 bits per heavy atom. The fourth-order valence-electron chi connectivity index (χ4n) is 1.30. The number of hydrogen-bond acceptors (Lipinski definition) is 5. The van der Waals surface area contributed by atoms with Crippen LogP contribution in [0, 0.1) is 0 Å². The number of carboxylic acid groups (broad SMARTS) is 2. The van der Waals surface area contributed by atoms with E-state index in [2.05, 4.69) is 20.5 Å². The Kier molecular flexibility index (Phi) is 4.43. The Labute approximate surface area is 114 Å². The predicted molar refractivity (Wildman–Crippen MR) is 66.2 cm³/mol. The van der Waals surface area contributed by atoms with Crippen LogP contribution in [0.1, 0.15) is 43.6 Å². The molecule has 9 heteroatoms. The van der Waals surface area contributed by atoms with E-state index in [4.69, 9.17) is 10.2 Å².